The number of amides is 2. The molecule has 3 rings (SSSR count). The molecule has 0 radical (unpaired) electrons. The van der Waals surface area contributed by atoms with E-state index in [-0.39, 0.29) is 29.8 Å². The highest BCUT2D eigenvalue weighted by Crippen LogP contribution is 2.51. The number of carbonyl (C=O) groups is 2. The summed E-state index contributed by atoms with van der Waals surface area (Å²) in [6.07, 6.45) is 6.40. The van der Waals surface area contributed by atoms with E-state index < -0.39 is 11.5 Å². The molecule has 0 saturated heterocycles. The topological polar surface area (TPSA) is 69.6 Å². The summed E-state index contributed by atoms with van der Waals surface area (Å²) in [7, 11) is 0. The summed E-state index contributed by atoms with van der Waals surface area (Å²) < 4.78 is 0. The van der Waals surface area contributed by atoms with Gasteiger partial charge in [-0.2, -0.15) is 0 Å². The largest absolute Gasteiger partial charge is 0.481 e. The van der Waals surface area contributed by atoms with Gasteiger partial charge in [-0.25, -0.2) is 4.79 Å². The van der Waals surface area contributed by atoms with Crippen LogP contribution in [0, 0.1) is 10.8 Å². The van der Waals surface area contributed by atoms with E-state index in [4.69, 9.17) is 16.7 Å². The lowest BCUT2D eigenvalue weighted by Gasteiger charge is -2.50. The third-order valence-corrected chi connectivity index (χ3v) is 6.86. The van der Waals surface area contributed by atoms with Crippen molar-refractivity contribution < 1.29 is 14.7 Å². The van der Waals surface area contributed by atoms with Crippen LogP contribution in [-0.4, -0.2) is 28.6 Å². The fourth-order valence-electron chi connectivity index (χ4n) is 4.67. The Bertz CT molecular complexity index is 901. The molecule has 5 nitrogen and oxygen atoms in total. The van der Waals surface area contributed by atoms with E-state index in [0.717, 1.165) is 53.8 Å². The number of halogens is 1. The van der Waals surface area contributed by atoms with Crippen molar-refractivity contribution in [1.29, 1.82) is 0 Å². The van der Waals surface area contributed by atoms with Crippen LogP contribution < -0.4 is 5.32 Å². The van der Waals surface area contributed by atoms with Gasteiger partial charge < -0.3 is 15.3 Å². The Labute approximate surface area is 190 Å². The minimum absolute atomic E-state index is 0.0608. The number of rotatable bonds is 6. The van der Waals surface area contributed by atoms with Crippen LogP contribution in [0.25, 0.3) is 0 Å². The number of benzene rings is 1. The van der Waals surface area contributed by atoms with Crippen molar-refractivity contribution in [2.45, 2.75) is 78.7 Å². The Balaban J connectivity index is 1.97. The maximum Gasteiger partial charge on any atom is 0.322 e. The van der Waals surface area contributed by atoms with E-state index in [1.165, 1.54) is 4.90 Å². The molecule has 2 amide bonds. The predicted molar refractivity (Wildman–Crippen MR) is 124 cm³/mol. The molecular weight excluding hydrogens is 412 g/mol. The summed E-state index contributed by atoms with van der Waals surface area (Å²) in [6, 6.07) is 5.96. The number of aryl methyl sites for hydroxylation is 1. The van der Waals surface area contributed by atoms with E-state index in [1.54, 1.807) is 0 Å². The van der Waals surface area contributed by atoms with Gasteiger partial charge in [-0.3, -0.25) is 4.79 Å². The Morgan fingerprint density at radius 1 is 1.29 bits per heavy atom. The molecule has 1 aliphatic carbocycles. The zero-order valence-electron chi connectivity index (χ0n) is 19.3. The van der Waals surface area contributed by atoms with Crippen molar-refractivity contribution in [2.24, 2.45) is 10.8 Å². The van der Waals surface area contributed by atoms with Gasteiger partial charge in [-0.1, -0.05) is 58.4 Å². The number of fused-ring (bicyclic) bond motifs is 1. The first-order valence-corrected chi connectivity index (χ1v) is 11.5. The van der Waals surface area contributed by atoms with Gasteiger partial charge in [-0.05, 0) is 65.7 Å². The summed E-state index contributed by atoms with van der Waals surface area (Å²) in [4.78, 5) is 25.5. The number of carboxylic acids is 1. The van der Waals surface area contributed by atoms with Crippen LogP contribution >= 0.6 is 11.6 Å². The van der Waals surface area contributed by atoms with Crippen LogP contribution in [-0.2, 0) is 16.8 Å². The second kappa shape index (κ2) is 8.50. The Kier molecular flexibility index (Phi) is 6.48. The van der Waals surface area contributed by atoms with Gasteiger partial charge in [0.1, 0.15) is 0 Å². The zero-order valence-corrected chi connectivity index (χ0v) is 20.1. The highest BCUT2D eigenvalue weighted by molar-refractivity contribution is 6.31. The van der Waals surface area contributed by atoms with Crippen molar-refractivity contribution in [3.8, 4) is 0 Å². The molecule has 1 saturated carbocycles. The van der Waals surface area contributed by atoms with Crippen LogP contribution in [0.3, 0.4) is 0 Å². The van der Waals surface area contributed by atoms with E-state index in [2.05, 4.69) is 52.1 Å². The van der Waals surface area contributed by atoms with Gasteiger partial charge in [0, 0.05) is 17.8 Å². The molecule has 2 N–H and O–H groups in total. The number of nitrogens with one attached hydrogen (secondary N) is 1. The molecular formula is C25H35ClN2O3. The minimum atomic E-state index is -0.912. The molecule has 0 bridgehead atoms. The van der Waals surface area contributed by atoms with Gasteiger partial charge in [-0.15, -0.1) is 0 Å². The molecule has 1 fully saturated rings. The molecule has 170 valence electrons. The van der Waals surface area contributed by atoms with Crippen molar-refractivity contribution in [3.63, 3.8) is 0 Å². The Morgan fingerprint density at radius 2 is 2.00 bits per heavy atom. The third-order valence-electron chi connectivity index (χ3n) is 6.51. The molecule has 1 atom stereocenters. The van der Waals surface area contributed by atoms with Gasteiger partial charge >= 0.3 is 12.0 Å². The first-order chi connectivity index (χ1) is 14.3. The highest BCUT2D eigenvalue weighted by Gasteiger charge is 2.48. The lowest BCUT2D eigenvalue weighted by molar-refractivity contribution is -0.137. The molecule has 2 aliphatic rings. The molecule has 1 aromatic carbocycles. The molecule has 1 unspecified atom stereocenters. The molecule has 1 aliphatic heterocycles. The first-order valence-electron chi connectivity index (χ1n) is 11.1. The number of carboxylic acid groups (broad SMARTS) is 1. The SMILES string of the molecule is CC(C)(C)CCc1ccc(C23CC(C)(C)CCC2=CN(CCC(=O)O)C(=O)N3)cc1Cl. The molecule has 0 aromatic heterocycles. The zero-order chi connectivity index (χ0) is 23.0. The number of hydrogen-bond donors (Lipinski definition) is 2. The molecule has 0 spiro atoms. The minimum Gasteiger partial charge on any atom is -0.481 e. The average molecular weight is 447 g/mol. The first kappa shape index (κ1) is 23.6. The number of carbonyl (C=O) groups excluding carboxylic acids is 1. The van der Waals surface area contributed by atoms with Crippen molar-refractivity contribution in [2.75, 3.05) is 6.54 Å². The lowest BCUT2D eigenvalue weighted by atomic mass is 9.62. The summed E-state index contributed by atoms with van der Waals surface area (Å²) in [6.45, 7) is 11.3. The van der Waals surface area contributed by atoms with Crippen LogP contribution in [0.5, 0.6) is 0 Å². The molecule has 6 heteroatoms. The summed E-state index contributed by atoms with van der Waals surface area (Å²) in [5.41, 5.74) is 2.94. The molecule has 1 heterocycles. The maximum atomic E-state index is 13.0. The second-order valence-corrected chi connectivity index (χ2v) is 11.4. The van der Waals surface area contributed by atoms with E-state index in [0.29, 0.717) is 0 Å². The van der Waals surface area contributed by atoms with Crippen LogP contribution in [0.2, 0.25) is 5.02 Å². The van der Waals surface area contributed by atoms with Crippen LogP contribution in [0.4, 0.5) is 4.79 Å². The summed E-state index contributed by atoms with van der Waals surface area (Å²) in [5.74, 6) is -0.912. The van der Waals surface area contributed by atoms with Gasteiger partial charge in [0.15, 0.2) is 0 Å². The summed E-state index contributed by atoms with van der Waals surface area (Å²) >= 11 is 6.72. The lowest BCUT2D eigenvalue weighted by Crippen LogP contribution is -2.58. The highest BCUT2D eigenvalue weighted by atomic mass is 35.5. The maximum absolute atomic E-state index is 13.0. The van der Waals surface area contributed by atoms with Gasteiger partial charge in [0.05, 0.1) is 12.0 Å². The predicted octanol–water partition coefficient (Wildman–Crippen LogP) is 6.11. The fourth-order valence-corrected chi connectivity index (χ4v) is 4.95. The standard InChI is InChI=1S/C25H35ClN2O3/c1-23(2,3)11-8-17-6-7-18(14-20(17)26)25-16-24(4,5)12-9-19(25)15-28(22(31)27-25)13-10-21(29)30/h6-7,14-15H,8-13,16H2,1-5H3,(H,27,31)(H,29,30). The Morgan fingerprint density at radius 3 is 2.61 bits per heavy atom. The second-order valence-electron chi connectivity index (χ2n) is 11.0. The average Bonchev–Trinajstić information content (AvgIpc) is 2.63. The fraction of sp³-hybridized carbons (Fsp3) is 0.600. The molecule has 31 heavy (non-hydrogen) atoms. The van der Waals surface area contributed by atoms with E-state index in [9.17, 15) is 9.59 Å². The van der Waals surface area contributed by atoms with Crippen molar-refractivity contribution >= 4 is 23.6 Å². The smallest absolute Gasteiger partial charge is 0.322 e. The number of hydrogen-bond acceptors (Lipinski definition) is 2. The molecule has 1 aromatic rings. The monoisotopic (exact) mass is 446 g/mol. The third kappa shape index (κ3) is 5.43. The van der Waals surface area contributed by atoms with Crippen molar-refractivity contribution in [1.82, 2.24) is 10.2 Å². The van der Waals surface area contributed by atoms with Crippen molar-refractivity contribution in [3.05, 3.63) is 46.1 Å². The summed E-state index contributed by atoms with van der Waals surface area (Å²) in [5, 5.41) is 13.0. The van der Waals surface area contributed by atoms with Gasteiger partial charge in [0.25, 0.3) is 0 Å². The number of nitrogens with zero attached hydrogens (tertiary/aromatic N) is 1. The van der Waals surface area contributed by atoms with Crippen LogP contribution in [0.15, 0.2) is 30.0 Å². The number of aliphatic carboxylic acids is 1. The van der Waals surface area contributed by atoms with E-state index >= 15 is 0 Å². The van der Waals surface area contributed by atoms with Gasteiger partial charge in [0.2, 0.25) is 0 Å². The van der Waals surface area contributed by atoms with E-state index in [1.807, 2.05) is 12.3 Å². The number of urea groups is 1. The van der Waals surface area contributed by atoms with Crippen LogP contribution in [0.1, 0.15) is 77.8 Å². The normalized spacial score (nSPS) is 23.1. The quantitative estimate of drug-likeness (QED) is 0.554. The Hall–Kier alpha value is -2.01.